The highest BCUT2D eigenvalue weighted by Gasteiger charge is 2.31. The Labute approximate surface area is 149 Å². The van der Waals surface area contributed by atoms with Gasteiger partial charge in [-0.2, -0.15) is 0 Å². The molecule has 0 spiro atoms. The third-order valence-electron chi connectivity index (χ3n) is 4.86. The molecule has 1 unspecified atom stereocenters. The molecule has 2 fully saturated rings. The van der Waals surface area contributed by atoms with Crippen molar-refractivity contribution in [2.45, 2.75) is 31.8 Å². The molecule has 6 nitrogen and oxygen atoms in total. The summed E-state index contributed by atoms with van der Waals surface area (Å²) in [5.74, 6) is 0.0147. The Kier molecular flexibility index (Phi) is 5.58. The predicted molar refractivity (Wildman–Crippen MR) is 95.1 cm³/mol. The highest BCUT2D eigenvalue weighted by Crippen LogP contribution is 2.31. The number of piperidine rings is 1. The van der Waals surface area contributed by atoms with E-state index in [0.717, 1.165) is 32.4 Å². The van der Waals surface area contributed by atoms with Gasteiger partial charge in [0.1, 0.15) is 13.2 Å². The zero-order chi connectivity index (χ0) is 17.8. The quantitative estimate of drug-likeness (QED) is 0.821. The Morgan fingerprint density at radius 2 is 1.96 bits per heavy atom. The number of carbonyl (C=O) groups excluding carboxylic acids is 2. The maximum Gasteiger partial charge on any atom is 0.410 e. The Morgan fingerprint density at radius 3 is 2.60 bits per heavy atom. The van der Waals surface area contributed by atoms with Gasteiger partial charge in [-0.05, 0) is 44.5 Å². The van der Waals surface area contributed by atoms with Gasteiger partial charge < -0.3 is 14.5 Å². The molecular weight excluding hydrogens is 318 g/mol. The van der Waals surface area contributed by atoms with Crippen molar-refractivity contribution in [1.82, 2.24) is 14.7 Å². The highest BCUT2D eigenvalue weighted by molar-refractivity contribution is 5.83. The van der Waals surface area contributed by atoms with Gasteiger partial charge in [0.15, 0.2) is 0 Å². The van der Waals surface area contributed by atoms with Crippen LogP contribution < -0.4 is 0 Å². The van der Waals surface area contributed by atoms with Crippen molar-refractivity contribution in [3.63, 3.8) is 0 Å². The number of cyclic esters (lactones) is 1. The molecule has 0 radical (unpaired) electrons. The lowest BCUT2D eigenvalue weighted by molar-refractivity contribution is -0.135. The lowest BCUT2D eigenvalue weighted by atomic mass is 9.94. The fraction of sp³-hybridized carbons (Fsp3) is 0.579. The van der Waals surface area contributed by atoms with Gasteiger partial charge in [-0.3, -0.25) is 9.69 Å². The van der Waals surface area contributed by atoms with Crippen molar-refractivity contribution in [3.05, 3.63) is 35.4 Å². The lowest BCUT2D eigenvalue weighted by Crippen LogP contribution is -2.44. The van der Waals surface area contributed by atoms with Crippen LogP contribution in [0.2, 0.25) is 0 Å². The number of amides is 2. The average Bonchev–Trinajstić information content (AvgIpc) is 3.00. The van der Waals surface area contributed by atoms with E-state index in [4.69, 9.17) is 4.74 Å². The minimum Gasteiger partial charge on any atom is -0.448 e. The second-order valence-electron chi connectivity index (χ2n) is 7.11. The van der Waals surface area contributed by atoms with Crippen LogP contribution in [0.15, 0.2) is 24.3 Å². The molecule has 0 saturated carbocycles. The number of hydrogen-bond acceptors (Lipinski definition) is 4. The van der Waals surface area contributed by atoms with E-state index in [9.17, 15) is 9.59 Å². The normalized spacial score (nSPS) is 20.9. The first kappa shape index (κ1) is 17.7. The summed E-state index contributed by atoms with van der Waals surface area (Å²) in [6.07, 6.45) is 2.74. The standard InChI is InChI=1S/C19H27N3O3/c1-20(2)13-15-6-8-16(9-7-15)17-5-3-4-10-22(17)18(23)14-21-11-12-25-19(21)24/h6-9,17H,3-5,10-14H2,1-2H3. The van der Waals surface area contributed by atoms with E-state index in [2.05, 4.69) is 43.3 Å². The summed E-state index contributed by atoms with van der Waals surface area (Å²) >= 11 is 0. The summed E-state index contributed by atoms with van der Waals surface area (Å²) < 4.78 is 4.92. The third-order valence-corrected chi connectivity index (χ3v) is 4.86. The minimum atomic E-state index is -0.380. The molecule has 1 aromatic carbocycles. The largest absolute Gasteiger partial charge is 0.448 e. The molecule has 136 valence electrons. The number of nitrogens with zero attached hydrogens (tertiary/aromatic N) is 3. The number of benzene rings is 1. The topological polar surface area (TPSA) is 53.1 Å². The molecule has 3 rings (SSSR count). The molecule has 1 aromatic rings. The van der Waals surface area contributed by atoms with E-state index in [-0.39, 0.29) is 24.6 Å². The van der Waals surface area contributed by atoms with E-state index >= 15 is 0 Å². The first-order valence-electron chi connectivity index (χ1n) is 8.99. The van der Waals surface area contributed by atoms with Crippen molar-refractivity contribution in [2.24, 2.45) is 0 Å². The number of carbonyl (C=O) groups is 2. The Balaban J connectivity index is 1.69. The predicted octanol–water partition coefficient (Wildman–Crippen LogP) is 2.25. The molecule has 0 aromatic heterocycles. The minimum absolute atomic E-state index is 0.0147. The zero-order valence-corrected chi connectivity index (χ0v) is 15.1. The molecule has 6 heteroatoms. The van der Waals surface area contributed by atoms with Crippen LogP contribution in [0.25, 0.3) is 0 Å². The molecular formula is C19H27N3O3. The molecule has 2 amide bonds. The summed E-state index contributed by atoms with van der Waals surface area (Å²) in [6, 6.07) is 8.67. The number of ether oxygens (including phenoxy) is 1. The summed E-state index contributed by atoms with van der Waals surface area (Å²) in [6.45, 7) is 2.66. The first-order chi connectivity index (χ1) is 12.0. The highest BCUT2D eigenvalue weighted by atomic mass is 16.6. The molecule has 2 heterocycles. The number of rotatable bonds is 5. The average molecular weight is 345 g/mol. The van der Waals surface area contributed by atoms with Crippen molar-refractivity contribution in [2.75, 3.05) is 40.3 Å². The lowest BCUT2D eigenvalue weighted by Gasteiger charge is -2.37. The van der Waals surface area contributed by atoms with Crippen LogP contribution in [0.3, 0.4) is 0 Å². The molecule has 2 aliphatic heterocycles. The van der Waals surface area contributed by atoms with Crippen LogP contribution in [0, 0.1) is 0 Å². The van der Waals surface area contributed by atoms with E-state index in [0.29, 0.717) is 13.2 Å². The van der Waals surface area contributed by atoms with Crippen LogP contribution in [0.5, 0.6) is 0 Å². The maximum atomic E-state index is 12.8. The summed E-state index contributed by atoms with van der Waals surface area (Å²) in [5.41, 5.74) is 2.45. The van der Waals surface area contributed by atoms with Crippen LogP contribution in [0.4, 0.5) is 4.79 Å². The van der Waals surface area contributed by atoms with E-state index in [1.165, 1.54) is 16.0 Å². The molecule has 0 bridgehead atoms. The fourth-order valence-electron chi connectivity index (χ4n) is 3.61. The smallest absolute Gasteiger partial charge is 0.410 e. The van der Waals surface area contributed by atoms with Gasteiger partial charge in [-0.15, -0.1) is 0 Å². The maximum absolute atomic E-state index is 12.8. The summed E-state index contributed by atoms with van der Waals surface area (Å²) in [4.78, 5) is 29.9. The second kappa shape index (κ2) is 7.87. The van der Waals surface area contributed by atoms with Crippen LogP contribution >= 0.6 is 0 Å². The van der Waals surface area contributed by atoms with Gasteiger partial charge >= 0.3 is 6.09 Å². The van der Waals surface area contributed by atoms with Gasteiger partial charge in [0.2, 0.25) is 5.91 Å². The second-order valence-corrected chi connectivity index (χ2v) is 7.11. The SMILES string of the molecule is CN(C)Cc1ccc(C2CCCCN2C(=O)CN2CCOC2=O)cc1. The van der Waals surface area contributed by atoms with E-state index < -0.39 is 0 Å². The number of likely N-dealkylation sites (tertiary alicyclic amines) is 1. The van der Waals surface area contributed by atoms with Gasteiger partial charge in [0.25, 0.3) is 0 Å². The van der Waals surface area contributed by atoms with Crippen LogP contribution in [-0.2, 0) is 16.1 Å². The van der Waals surface area contributed by atoms with Gasteiger partial charge in [-0.25, -0.2) is 4.79 Å². The molecule has 2 saturated heterocycles. The summed E-state index contributed by atoms with van der Waals surface area (Å²) in [7, 11) is 4.11. The molecule has 0 aliphatic carbocycles. The monoisotopic (exact) mass is 345 g/mol. The van der Waals surface area contributed by atoms with Crippen molar-refractivity contribution >= 4 is 12.0 Å². The Bertz CT molecular complexity index is 615. The first-order valence-corrected chi connectivity index (χ1v) is 8.99. The molecule has 25 heavy (non-hydrogen) atoms. The molecule has 1 atom stereocenters. The fourth-order valence-corrected chi connectivity index (χ4v) is 3.61. The third kappa shape index (κ3) is 4.31. The van der Waals surface area contributed by atoms with Gasteiger partial charge in [-0.1, -0.05) is 24.3 Å². The number of hydrogen-bond donors (Lipinski definition) is 0. The van der Waals surface area contributed by atoms with Crippen molar-refractivity contribution in [3.8, 4) is 0 Å². The molecule has 2 aliphatic rings. The Hall–Kier alpha value is -2.08. The Morgan fingerprint density at radius 1 is 1.20 bits per heavy atom. The van der Waals surface area contributed by atoms with E-state index in [1.54, 1.807) is 0 Å². The van der Waals surface area contributed by atoms with Crippen molar-refractivity contribution in [1.29, 1.82) is 0 Å². The van der Waals surface area contributed by atoms with Crippen molar-refractivity contribution < 1.29 is 14.3 Å². The molecule has 0 N–H and O–H groups in total. The zero-order valence-electron chi connectivity index (χ0n) is 15.1. The van der Waals surface area contributed by atoms with E-state index in [1.807, 2.05) is 4.90 Å². The van der Waals surface area contributed by atoms with Crippen LogP contribution in [0.1, 0.15) is 36.4 Å². The van der Waals surface area contributed by atoms with Gasteiger partial charge in [0.05, 0.1) is 12.6 Å². The summed E-state index contributed by atoms with van der Waals surface area (Å²) in [5, 5.41) is 0. The van der Waals surface area contributed by atoms with Crippen LogP contribution in [-0.4, -0.2) is 67.0 Å². The van der Waals surface area contributed by atoms with Gasteiger partial charge in [0, 0.05) is 13.1 Å².